The third-order valence-electron chi connectivity index (χ3n) is 1.53. The first kappa shape index (κ1) is 9.35. The zero-order valence-electron chi connectivity index (χ0n) is 6.24. The Labute approximate surface area is 79.9 Å². The Morgan fingerprint density at radius 3 is 2.67 bits per heavy atom. The van der Waals surface area contributed by atoms with Crippen LogP contribution in [0.2, 0.25) is 5.02 Å². The van der Waals surface area contributed by atoms with Gasteiger partial charge in [0, 0.05) is 16.5 Å². The van der Waals surface area contributed by atoms with Gasteiger partial charge in [0.15, 0.2) is 0 Å². The Kier molecular flexibility index (Phi) is 2.59. The zero-order valence-corrected chi connectivity index (χ0v) is 7.89. The van der Waals surface area contributed by atoms with Crippen LogP contribution in [0.4, 0.5) is 5.69 Å². The van der Waals surface area contributed by atoms with Crippen LogP contribution in [0.3, 0.4) is 0 Å². The number of benzene rings is 1. The standard InChI is InChI=1S/C7H6ClNO2S/c1-4-5(9(10)11)2-3-6(12)7(4)8/h2-3,12H,1H3. The maximum absolute atomic E-state index is 10.4. The molecule has 0 bridgehead atoms. The minimum Gasteiger partial charge on any atom is -0.258 e. The van der Waals surface area contributed by atoms with Crippen LogP contribution in [0.1, 0.15) is 5.56 Å². The van der Waals surface area contributed by atoms with Crippen molar-refractivity contribution < 1.29 is 4.92 Å². The van der Waals surface area contributed by atoms with Gasteiger partial charge < -0.3 is 0 Å². The lowest BCUT2D eigenvalue weighted by molar-refractivity contribution is -0.385. The van der Waals surface area contributed by atoms with Gasteiger partial charge in [-0.3, -0.25) is 10.1 Å². The molecule has 12 heavy (non-hydrogen) atoms. The van der Waals surface area contributed by atoms with Crippen molar-refractivity contribution in [2.75, 3.05) is 0 Å². The van der Waals surface area contributed by atoms with E-state index < -0.39 is 4.92 Å². The molecular formula is C7H6ClNO2S. The van der Waals surface area contributed by atoms with Crippen molar-refractivity contribution in [2.45, 2.75) is 11.8 Å². The summed E-state index contributed by atoms with van der Waals surface area (Å²) in [6.45, 7) is 1.60. The molecule has 0 aliphatic carbocycles. The number of halogens is 1. The number of hydrogen-bond donors (Lipinski definition) is 1. The number of nitro benzene ring substituents is 1. The summed E-state index contributed by atoms with van der Waals surface area (Å²) in [5, 5.41) is 10.7. The molecule has 0 aliphatic heterocycles. The van der Waals surface area contributed by atoms with E-state index in [0.29, 0.717) is 15.5 Å². The molecule has 0 aliphatic rings. The van der Waals surface area contributed by atoms with Gasteiger partial charge in [-0.05, 0) is 13.0 Å². The summed E-state index contributed by atoms with van der Waals surface area (Å²) in [7, 11) is 0. The highest BCUT2D eigenvalue weighted by Gasteiger charge is 2.13. The monoisotopic (exact) mass is 203 g/mol. The summed E-state index contributed by atoms with van der Waals surface area (Å²) in [6.07, 6.45) is 0. The summed E-state index contributed by atoms with van der Waals surface area (Å²) in [6, 6.07) is 2.90. The summed E-state index contributed by atoms with van der Waals surface area (Å²) < 4.78 is 0. The molecule has 0 N–H and O–H groups in total. The summed E-state index contributed by atoms with van der Waals surface area (Å²) in [4.78, 5) is 10.5. The zero-order chi connectivity index (χ0) is 9.30. The van der Waals surface area contributed by atoms with E-state index in [9.17, 15) is 10.1 Å². The predicted molar refractivity (Wildman–Crippen MR) is 50.1 cm³/mol. The van der Waals surface area contributed by atoms with E-state index >= 15 is 0 Å². The smallest absolute Gasteiger partial charge is 0.258 e. The van der Waals surface area contributed by atoms with Crippen molar-refractivity contribution in [3.05, 3.63) is 32.8 Å². The molecule has 0 saturated carbocycles. The number of nitrogens with zero attached hydrogens (tertiary/aromatic N) is 1. The van der Waals surface area contributed by atoms with Crippen molar-refractivity contribution >= 4 is 29.9 Å². The van der Waals surface area contributed by atoms with E-state index in [2.05, 4.69) is 12.6 Å². The minimum absolute atomic E-state index is 0.0257. The molecule has 1 rings (SSSR count). The number of nitro groups is 1. The largest absolute Gasteiger partial charge is 0.273 e. The average Bonchev–Trinajstić information content (AvgIpc) is 2.00. The Morgan fingerprint density at radius 1 is 1.58 bits per heavy atom. The Morgan fingerprint density at radius 2 is 2.17 bits per heavy atom. The fourth-order valence-electron chi connectivity index (χ4n) is 0.858. The van der Waals surface area contributed by atoms with Gasteiger partial charge in [-0.15, -0.1) is 12.6 Å². The lowest BCUT2D eigenvalue weighted by Gasteiger charge is -2.01. The van der Waals surface area contributed by atoms with E-state index in [1.54, 1.807) is 6.92 Å². The first-order chi connectivity index (χ1) is 5.54. The van der Waals surface area contributed by atoms with Crippen LogP contribution in [0.25, 0.3) is 0 Å². The molecule has 0 heterocycles. The number of thiol groups is 1. The van der Waals surface area contributed by atoms with Crippen LogP contribution in [0.15, 0.2) is 17.0 Å². The maximum atomic E-state index is 10.4. The third kappa shape index (κ3) is 1.54. The molecule has 1 aromatic carbocycles. The van der Waals surface area contributed by atoms with E-state index in [0.717, 1.165) is 0 Å². The minimum atomic E-state index is -0.464. The highest BCUT2D eigenvalue weighted by Crippen LogP contribution is 2.30. The average molecular weight is 204 g/mol. The quantitative estimate of drug-likeness (QED) is 0.433. The molecule has 0 saturated heterocycles. The van der Waals surface area contributed by atoms with Gasteiger partial charge in [-0.2, -0.15) is 0 Å². The van der Waals surface area contributed by atoms with Crippen LogP contribution in [0.5, 0.6) is 0 Å². The van der Waals surface area contributed by atoms with Crippen LogP contribution >= 0.6 is 24.2 Å². The van der Waals surface area contributed by atoms with Crippen molar-refractivity contribution in [1.82, 2.24) is 0 Å². The van der Waals surface area contributed by atoms with Gasteiger partial charge in [0.25, 0.3) is 5.69 Å². The molecular weight excluding hydrogens is 198 g/mol. The highest BCUT2D eigenvalue weighted by molar-refractivity contribution is 7.80. The highest BCUT2D eigenvalue weighted by atomic mass is 35.5. The molecule has 0 amide bonds. The number of hydrogen-bond acceptors (Lipinski definition) is 3. The molecule has 0 atom stereocenters. The van der Waals surface area contributed by atoms with Gasteiger partial charge in [-0.1, -0.05) is 11.6 Å². The van der Waals surface area contributed by atoms with E-state index in [1.807, 2.05) is 0 Å². The van der Waals surface area contributed by atoms with Crippen molar-refractivity contribution in [3.63, 3.8) is 0 Å². The van der Waals surface area contributed by atoms with E-state index in [-0.39, 0.29) is 5.69 Å². The van der Waals surface area contributed by atoms with Crippen molar-refractivity contribution in [3.8, 4) is 0 Å². The second-order valence-corrected chi connectivity index (χ2v) is 3.16. The number of rotatable bonds is 1. The first-order valence-electron chi connectivity index (χ1n) is 3.16. The molecule has 64 valence electrons. The van der Waals surface area contributed by atoms with Crippen LogP contribution in [-0.4, -0.2) is 4.92 Å². The van der Waals surface area contributed by atoms with Gasteiger partial charge >= 0.3 is 0 Å². The molecule has 0 radical (unpaired) electrons. The Hall–Kier alpha value is -0.740. The van der Waals surface area contributed by atoms with Gasteiger partial charge in [-0.25, -0.2) is 0 Å². The summed E-state index contributed by atoms with van der Waals surface area (Å²) >= 11 is 9.77. The normalized spacial score (nSPS) is 9.92. The topological polar surface area (TPSA) is 43.1 Å². The van der Waals surface area contributed by atoms with E-state index in [4.69, 9.17) is 11.6 Å². The second-order valence-electron chi connectivity index (χ2n) is 2.30. The van der Waals surface area contributed by atoms with E-state index in [1.165, 1.54) is 12.1 Å². The predicted octanol–water partition coefficient (Wildman–Crippen LogP) is 2.85. The maximum Gasteiger partial charge on any atom is 0.273 e. The molecule has 5 heteroatoms. The van der Waals surface area contributed by atoms with Crippen LogP contribution in [0, 0.1) is 17.0 Å². The molecule has 0 unspecified atom stereocenters. The molecule has 0 aromatic heterocycles. The van der Waals surface area contributed by atoms with Crippen LogP contribution in [-0.2, 0) is 0 Å². The fourth-order valence-corrected chi connectivity index (χ4v) is 1.26. The first-order valence-corrected chi connectivity index (χ1v) is 3.99. The molecule has 0 fully saturated rings. The van der Waals surface area contributed by atoms with Gasteiger partial charge in [0.05, 0.1) is 9.95 Å². The molecule has 0 spiro atoms. The Balaban J connectivity index is 3.36. The molecule has 1 aromatic rings. The van der Waals surface area contributed by atoms with Gasteiger partial charge in [0.2, 0.25) is 0 Å². The molecule has 3 nitrogen and oxygen atoms in total. The summed E-state index contributed by atoms with van der Waals surface area (Å²) in [5.74, 6) is 0. The van der Waals surface area contributed by atoms with Crippen molar-refractivity contribution in [2.24, 2.45) is 0 Å². The lowest BCUT2D eigenvalue weighted by atomic mass is 10.2. The third-order valence-corrected chi connectivity index (χ3v) is 2.53. The lowest BCUT2D eigenvalue weighted by Crippen LogP contribution is -1.92. The van der Waals surface area contributed by atoms with Crippen LogP contribution < -0.4 is 0 Å². The van der Waals surface area contributed by atoms with Crippen molar-refractivity contribution in [1.29, 1.82) is 0 Å². The Bertz CT molecular complexity index is 340. The van der Waals surface area contributed by atoms with Gasteiger partial charge in [0.1, 0.15) is 0 Å². The SMILES string of the molecule is Cc1c([N+](=O)[O-])ccc(S)c1Cl. The fraction of sp³-hybridized carbons (Fsp3) is 0.143. The second kappa shape index (κ2) is 3.33. The summed E-state index contributed by atoms with van der Waals surface area (Å²) in [5.41, 5.74) is 0.479.